The molecule has 1 fully saturated rings. The lowest BCUT2D eigenvalue weighted by Crippen LogP contribution is -2.37. The van der Waals surface area contributed by atoms with Crippen LogP contribution in [0.2, 0.25) is 0 Å². The summed E-state index contributed by atoms with van der Waals surface area (Å²) in [5.74, 6) is -1.57. The lowest BCUT2D eigenvalue weighted by atomic mass is 10.1. The molecule has 1 aliphatic rings. The molecular formula is C16H21F2N3O. The normalized spacial score (nSPS) is 17.2. The Hall–Kier alpha value is -1.82. The molecule has 0 bridgehead atoms. The van der Waals surface area contributed by atoms with Crippen molar-refractivity contribution in [3.8, 4) is 0 Å². The number of benzene rings is 1. The molecule has 1 heterocycles. The van der Waals surface area contributed by atoms with E-state index in [1.54, 1.807) is 0 Å². The summed E-state index contributed by atoms with van der Waals surface area (Å²) in [6.45, 7) is 2.14. The van der Waals surface area contributed by atoms with Crippen molar-refractivity contribution in [1.29, 1.82) is 0 Å². The van der Waals surface area contributed by atoms with Gasteiger partial charge in [0.1, 0.15) is 11.6 Å². The average Bonchev–Trinajstić information content (AvgIpc) is 2.44. The number of nitrogens with zero attached hydrogens (tertiary/aromatic N) is 2. The molecule has 0 atom stereocenters. The van der Waals surface area contributed by atoms with Crippen molar-refractivity contribution in [2.45, 2.75) is 32.1 Å². The van der Waals surface area contributed by atoms with E-state index in [0.29, 0.717) is 6.54 Å². The van der Waals surface area contributed by atoms with E-state index in [1.165, 1.54) is 31.5 Å². The quantitative estimate of drug-likeness (QED) is 0.686. The maximum atomic E-state index is 13.4. The molecule has 120 valence electrons. The Balaban J connectivity index is 1.80. The summed E-state index contributed by atoms with van der Waals surface area (Å²) in [6, 6.07) is 3.20. The van der Waals surface area contributed by atoms with Crippen LogP contribution in [-0.4, -0.2) is 36.7 Å². The molecule has 0 radical (unpaired) electrons. The van der Waals surface area contributed by atoms with Gasteiger partial charge in [-0.05, 0) is 38.1 Å². The first-order chi connectivity index (χ1) is 10.6. The summed E-state index contributed by atoms with van der Waals surface area (Å²) in [7, 11) is 0. The van der Waals surface area contributed by atoms with E-state index in [4.69, 9.17) is 0 Å². The van der Waals surface area contributed by atoms with Gasteiger partial charge in [-0.15, -0.1) is 0 Å². The summed E-state index contributed by atoms with van der Waals surface area (Å²) in [5.41, 5.74) is 2.52. The summed E-state index contributed by atoms with van der Waals surface area (Å²) in [4.78, 5) is 13.9. The molecule has 1 aromatic rings. The third-order valence-electron chi connectivity index (χ3n) is 3.67. The van der Waals surface area contributed by atoms with Crippen molar-refractivity contribution in [3.05, 3.63) is 35.4 Å². The van der Waals surface area contributed by atoms with Crippen LogP contribution in [0, 0.1) is 11.6 Å². The van der Waals surface area contributed by atoms with Crippen LogP contribution in [0.25, 0.3) is 0 Å². The SMILES string of the molecule is O=C(CN1CCCCCCC1)NN=Cc1ccc(F)cc1F. The fourth-order valence-corrected chi connectivity index (χ4v) is 2.49. The van der Waals surface area contributed by atoms with E-state index < -0.39 is 11.6 Å². The van der Waals surface area contributed by atoms with Gasteiger partial charge >= 0.3 is 0 Å². The second-order valence-corrected chi connectivity index (χ2v) is 5.50. The number of nitrogens with one attached hydrogen (secondary N) is 1. The van der Waals surface area contributed by atoms with Crippen LogP contribution in [0.15, 0.2) is 23.3 Å². The van der Waals surface area contributed by atoms with E-state index in [2.05, 4.69) is 15.4 Å². The lowest BCUT2D eigenvalue weighted by Gasteiger charge is -2.23. The second kappa shape index (κ2) is 8.58. The molecule has 22 heavy (non-hydrogen) atoms. The Morgan fingerprint density at radius 2 is 1.86 bits per heavy atom. The molecule has 0 unspecified atom stereocenters. The lowest BCUT2D eigenvalue weighted by molar-refractivity contribution is -0.122. The van der Waals surface area contributed by atoms with E-state index in [9.17, 15) is 13.6 Å². The fraction of sp³-hybridized carbons (Fsp3) is 0.500. The first-order valence-corrected chi connectivity index (χ1v) is 7.64. The Morgan fingerprint density at radius 1 is 1.18 bits per heavy atom. The average molecular weight is 309 g/mol. The first kappa shape index (κ1) is 16.5. The standard InChI is InChI=1S/C16H21F2N3O/c17-14-7-6-13(15(18)10-14)11-19-20-16(22)12-21-8-4-2-1-3-5-9-21/h6-7,10-11H,1-5,8-9,12H2,(H,20,22). The highest BCUT2D eigenvalue weighted by atomic mass is 19.1. The van der Waals surface area contributed by atoms with Crippen LogP contribution in [0.1, 0.15) is 37.7 Å². The molecule has 2 rings (SSSR count). The number of rotatable bonds is 4. The smallest absolute Gasteiger partial charge is 0.254 e. The summed E-state index contributed by atoms with van der Waals surface area (Å²) >= 11 is 0. The largest absolute Gasteiger partial charge is 0.294 e. The maximum Gasteiger partial charge on any atom is 0.254 e. The summed E-state index contributed by atoms with van der Waals surface area (Å²) < 4.78 is 26.1. The van der Waals surface area contributed by atoms with Gasteiger partial charge in [-0.25, -0.2) is 14.2 Å². The fourth-order valence-electron chi connectivity index (χ4n) is 2.49. The minimum atomic E-state index is -0.707. The van der Waals surface area contributed by atoms with Crippen molar-refractivity contribution in [2.24, 2.45) is 5.10 Å². The highest BCUT2D eigenvalue weighted by molar-refractivity contribution is 5.83. The third-order valence-corrected chi connectivity index (χ3v) is 3.67. The van der Waals surface area contributed by atoms with Crippen LogP contribution in [0.5, 0.6) is 0 Å². The number of halogens is 2. The first-order valence-electron chi connectivity index (χ1n) is 7.64. The molecular weight excluding hydrogens is 288 g/mol. The number of hydrogen-bond donors (Lipinski definition) is 1. The van der Waals surface area contributed by atoms with Crippen molar-refractivity contribution < 1.29 is 13.6 Å². The van der Waals surface area contributed by atoms with Crippen LogP contribution >= 0.6 is 0 Å². The topological polar surface area (TPSA) is 44.7 Å². The zero-order valence-electron chi connectivity index (χ0n) is 12.5. The van der Waals surface area contributed by atoms with Crippen molar-refractivity contribution >= 4 is 12.1 Å². The monoisotopic (exact) mass is 309 g/mol. The molecule has 1 amide bonds. The Bertz CT molecular complexity index is 526. The highest BCUT2D eigenvalue weighted by Gasteiger charge is 2.11. The molecule has 1 saturated heterocycles. The van der Waals surface area contributed by atoms with E-state index in [0.717, 1.165) is 38.1 Å². The molecule has 6 heteroatoms. The van der Waals surface area contributed by atoms with Gasteiger partial charge in [0.25, 0.3) is 5.91 Å². The zero-order valence-corrected chi connectivity index (χ0v) is 12.5. The van der Waals surface area contributed by atoms with Crippen molar-refractivity contribution in [1.82, 2.24) is 10.3 Å². The Labute approximate surface area is 129 Å². The zero-order chi connectivity index (χ0) is 15.8. The number of hydrogen-bond acceptors (Lipinski definition) is 3. The molecule has 1 N–H and O–H groups in total. The number of likely N-dealkylation sites (tertiary alicyclic amines) is 1. The van der Waals surface area contributed by atoms with Gasteiger partial charge in [0.05, 0.1) is 12.8 Å². The predicted octanol–water partition coefficient (Wildman–Crippen LogP) is 2.68. The van der Waals surface area contributed by atoms with Crippen LogP contribution < -0.4 is 5.43 Å². The molecule has 0 spiro atoms. The molecule has 4 nitrogen and oxygen atoms in total. The van der Waals surface area contributed by atoms with Gasteiger partial charge < -0.3 is 0 Å². The number of carbonyl (C=O) groups is 1. The van der Waals surface area contributed by atoms with Gasteiger partial charge in [0.2, 0.25) is 0 Å². The predicted molar refractivity (Wildman–Crippen MR) is 81.6 cm³/mol. The second-order valence-electron chi connectivity index (χ2n) is 5.50. The van der Waals surface area contributed by atoms with Gasteiger partial charge in [0.15, 0.2) is 0 Å². The Kier molecular flexibility index (Phi) is 6.45. The third kappa shape index (κ3) is 5.52. The highest BCUT2D eigenvalue weighted by Crippen LogP contribution is 2.10. The number of carbonyl (C=O) groups excluding carboxylic acids is 1. The minimum absolute atomic E-state index is 0.132. The van der Waals surface area contributed by atoms with Crippen molar-refractivity contribution in [2.75, 3.05) is 19.6 Å². The van der Waals surface area contributed by atoms with E-state index in [-0.39, 0.29) is 11.5 Å². The number of amides is 1. The maximum absolute atomic E-state index is 13.4. The molecule has 1 aromatic carbocycles. The molecule has 1 aliphatic heterocycles. The van der Waals surface area contributed by atoms with Gasteiger partial charge in [-0.1, -0.05) is 19.3 Å². The van der Waals surface area contributed by atoms with Crippen LogP contribution in [-0.2, 0) is 4.79 Å². The van der Waals surface area contributed by atoms with Crippen molar-refractivity contribution in [3.63, 3.8) is 0 Å². The summed E-state index contributed by atoms with van der Waals surface area (Å²) in [5, 5.41) is 3.73. The Morgan fingerprint density at radius 3 is 2.55 bits per heavy atom. The summed E-state index contributed by atoms with van der Waals surface area (Å²) in [6.07, 6.45) is 7.09. The van der Waals surface area contributed by atoms with Gasteiger partial charge in [-0.3, -0.25) is 9.69 Å². The number of hydrazone groups is 1. The van der Waals surface area contributed by atoms with Gasteiger partial charge in [-0.2, -0.15) is 5.10 Å². The molecule has 0 saturated carbocycles. The van der Waals surface area contributed by atoms with Gasteiger partial charge in [0, 0.05) is 11.6 Å². The molecule has 0 aliphatic carbocycles. The van der Waals surface area contributed by atoms with Crippen LogP contribution in [0.3, 0.4) is 0 Å². The minimum Gasteiger partial charge on any atom is -0.294 e. The van der Waals surface area contributed by atoms with E-state index >= 15 is 0 Å². The molecule has 0 aromatic heterocycles. The van der Waals surface area contributed by atoms with Crippen LogP contribution in [0.4, 0.5) is 8.78 Å². The van der Waals surface area contributed by atoms with E-state index in [1.807, 2.05) is 0 Å².